The first-order valence-corrected chi connectivity index (χ1v) is 7.93. The van der Waals surface area contributed by atoms with Gasteiger partial charge in [0.25, 0.3) is 10.0 Å². The fourth-order valence-electron chi connectivity index (χ4n) is 1.80. The molecule has 0 aliphatic rings. The minimum atomic E-state index is -3.65. The molecule has 1 aromatic carbocycles. The van der Waals surface area contributed by atoms with Gasteiger partial charge in [0.15, 0.2) is 0 Å². The van der Waals surface area contributed by atoms with Gasteiger partial charge in [-0.2, -0.15) is 5.10 Å². The van der Waals surface area contributed by atoms with Gasteiger partial charge in [0.2, 0.25) is 0 Å². The number of sulfonamides is 1. The van der Waals surface area contributed by atoms with Crippen molar-refractivity contribution in [3.05, 3.63) is 36.7 Å². The van der Waals surface area contributed by atoms with Gasteiger partial charge in [0, 0.05) is 32.5 Å². The standard InChI is InChI=1S/C13H19N5O2S/c1-17(2)12-5-3-4-11(8-12)16-21(19,20)13-9-15-18(10-13)7-6-14/h3-5,8-10,16H,6-7,14H2,1-2H3. The van der Waals surface area contributed by atoms with E-state index in [1.54, 1.807) is 18.2 Å². The van der Waals surface area contributed by atoms with Gasteiger partial charge < -0.3 is 10.6 Å². The highest BCUT2D eigenvalue weighted by molar-refractivity contribution is 7.92. The first kappa shape index (κ1) is 15.3. The van der Waals surface area contributed by atoms with E-state index in [-0.39, 0.29) is 4.90 Å². The molecular formula is C13H19N5O2S. The van der Waals surface area contributed by atoms with E-state index in [1.807, 2.05) is 25.1 Å². The van der Waals surface area contributed by atoms with Crippen molar-refractivity contribution in [3.8, 4) is 0 Å². The van der Waals surface area contributed by atoms with E-state index in [1.165, 1.54) is 17.1 Å². The Labute approximate surface area is 124 Å². The summed E-state index contributed by atoms with van der Waals surface area (Å²) in [5, 5.41) is 3.97. The molecule has 2 rings (SSSR count). The lowest BCUT2D eigenvalue weighted by Gasteiger charge is -2.14. The molecule has 0 radical (unpaired) electrons. The van der Waals surface area contributed by atoms with Gasteiger partial charge in [0.05, 0.1) is 18.4 Å². The summed E-state index contributed by atoms with van der Waals surface area (Å²) in [4.78, 5) is 2.02. The summed E-state index contributed by atoms with van der Waals surface area (Å²) < 4.78 is 28.6. The fourth-order valence-corrected chi connectivity index (χ4v) is 2.80. The smallest absolute Gasteiger partial charge is 0.265 e. The van der Waals surface area contributed by atoms with Gasteiger partial charge >= 0.3 is 0 Å². The van der Waals surface area contributed by atoms with Crippen LogP contribution in [0.25, 0.3) is 0 Å². The number of benzene rings is 1. The van der Waals surface area contributed by atoms with E-state index >= 15 is 0 Å². The van der Waals surface area contributed by atoms with Gasteiger partial charge in [-0.05, 0) is 18.2 Å². The van der Waals surface area contributed by atoms with Crippen LogP contribution in [0.5, 0.6) is 0 Å². The molecule has 1 heterocycles. The molecule has 0 amide bonds. The maximum Gasteiger partial charge on any atom is 0.265 e. The van der Waals surface area contributed by atoms with Crippen LogP contribution in [0.15, 0.2) is 41.6 Å². The first-order chi connectivity index (χ1) is 9.92. The number of anilines is 2. The van der Waals surface area contributed by atoms with Crippen LogP contribution >= 0.6 is 0 Å². The van der Waals surface area contributed by atoms with Crippen LogP contribution in [0.4, 0.5) is 11.4 Å². The molecule has 7 nitrogen and oxygen atoms in total. The maximum absolute atomic E-state index is 12.3. The van der Waals surface area contributed by atoms with Crippen LogP contribution in [-0.2, 0) is 16.6 Å². The average molecular weight is 309 g/mol. The van der Waals surface area contributed by atoms with Crippen molar-refractivity contribution in [2.24, 2.45) is 5.73 Å². The van der Waals surface area contributed by atoms with Gasteiger partial charge in [-0.15, -0.1) is 0 Å². The predicted octanol–water partition coefficient (Wildman–Crippen LogP) is 0.709. The highest BCUT2D eigenvalue weighted by Crippen LogP contribution is 2.20. The van der Waals surface area contributed by atoms with Crippen molar-refractivity contribution in [2.45, 2.75) is 11.4 Å². The zero-order chi connectivity index (χ0) is 15.5. The van der Waals surface area contributed by atoms with Crippen LogP contribution in [0.3, 0.4) is 0 Å². The Bertz CT molecular complexity index is 709. The zero-order valence-corrected chi connectivity index (χ0v) is 12.8. The molecule has 0 fully saturated rings. The molecule has 2 aromatic rings. The summed E-state index contributed by atoms with van der Waals surface area (Å²) in [6.45, 7) is 0.880. The lowest BCUT2D eigenvalue weighted by atomic mass is 10.3. The third-order valence-electron chi connectivity index (χ3n) is 2.89. The van der Waals surface area contributed by atoms with Crippen LogP contribution in [-0.4, -0.2) is 38.8 Å². The molecular weight excluding hydrogens is 290 g/mol. The summed E-state index contributed by atoms with van der Waals surface area (Å²) in [6.07, 6.45) is 2.78. The molecule has 0 atom stereocenters. The molecule has 0 spiro atoms. The lowest BCUT2D eigenvalue weighted by molar-refractivity contribution is 0.599. The monoisotopic (exact) mass is 309 g/mol. The molecule has 3 N–H and O–H groups in total. The predicted molar refractivity (Wildman–Crippen MR) is 82.9 cm³/mol. The van der Waals surface area contributed by atoms with Crippen LogP contribution < -0.4 is 15.4 Å². The summed E-state index contributed by atoms with van der Waals surface area (Å²) in [7, 11) is 0.141. The molecule has 0 bridgehead atoms. The third kappa shape index (κ3) is 3.73. The molecule has 0 unspecified atom stereocenters. The number of hydrogen-bond donors (Lipinski definition) is 2. The van der Waals surface area contributed by atoms with Crippen LogP contribution in [0.2, 0.25) is 0 Å². The Kier molecular flexibility index (Phi) is 4.49. The highest BCUT2D eigenvalue weighted by atomic mass is 32.2. The Morgan fingerprint density at radius 3 is 2.81 bits per heavy atom. The van der Waals surface area contributed by atoms with E-state index < -0.39 is 10.0 Å². The molecule has 0 saturated heterocycles. The normalized spacial score (nSPS) is 11.4. The molecule has 0 saturated carbocycles. The van der Waals surface area contributed by atoms with E-state index in [0.717, 1.165) is 5.69 Å². The van der Waals surface area contributed by atoms with Gasteiger partial charge in [-0.1, -0.05) is 6.07 Å². The summed E-state index contributed by atoms with van der Waals surface area (Å²) >= 11 is 0. The van der Waals surface area contributed by atoms with Crippen molar-refractivity contribution >= 4 is 21.4 Å². The Balaban J connectivity index is 2.22. The second-order valence-corrected chi connectivity index (χ2v) is 6.46. The number of nitrogens with one attached hydrogen (secondary N) is 1. The van der Waals surface area contributed by atoms with Crippen molar-refractivity contribution in [2.75, 3.05) is 30.3 Å². The van der Waals surface area contributed by atoms with E-state index in [0.29, 0.717) is 18.8 Å². The molecule has 0 aliphatic carbocycles. The summed E-state index contributed by atoms with van der Waals surface area (Å²) in [5.41, 5.74) is 6.84. The van der Waals surface area contributed by atoms with Gasteiger partial charge in [0.1, 0.15) is 4.90 Å². The van der Waals surface area contributed by atoms with Crippen molar-refractivity contribution < 1.29 is 8.42 Å². The van der Waals surface area contributed by atoms with Gasteiger partial charge in [-0.3, -0.25) is 9.40 Å². The Hall–Kier alpha value is -2.06. The molecule has 21 heavy (non-hydrogen) atoms. The minimum absolute atomic E-state index is 0.117. The van der Waals surface area contributed by atoms with Crippen molar-refractivity contribution in [1.29, 1.82) is 0 Å². The summed E-state index contributed by atoms with van der Waals surface area (Å²) in [6, 6.07) is 7.17. The molecule has 1 aromatic heterocycles. The highest BCUT2D eigenvalue weighted by Gasteiger charge is 2.16. The topological polar surface area (TPSA) is 93.2 Å². The molecule has 0 aliphatic heterocycles. The van der Waals surface area contributed by atoms with E-state index in [4.69, 9.17) is 5.73 Å². The maximum atomic E-state index is 12.3. The second kappa shape index (κ2) is 6.15. The van der Waals surface area contributed by atoms with Crippen molar-refractivity contribution in [1.82, 2.24) is 9.78 Å². The van der Waals surface area contributed by atoms with Crippen LogP contribution in [0, 0.1) is 0 Å². The van der Waals surface area contributed by atoms with Crippen LogP contribution in [0.1, 0.15) is 0 Å². The number of rotatable bonds is 6. The largest absolute Gasteiger partial charge is 0.378 e. The number of aromatic nitrogens is 2. The minimum Gasteiger partial charge on any atom is -0.378 e. The van der Waals surface area contributed by atoms with Gasteiger partial charge in [-0.25, -0.2) is 8.42 Å². The second-order valence-electron chi connectivity index (χ2n) is 4.78. The van der Waals surface area contributed by atoms with Crippen molar-refractivity contribution in [3.63, 3.8) is 0 Å². The zero-order valence-electron chi connectivity index (χ0n) is 12.0. The number of hydrogen-bond acceptors (Lipinski definition) is 5. The molecule has 8 heteroatoms. The average Bonchev–Trinajstić information content (AvgIpc) is 2.88. The third-order valence-corrected chi connectivity index (χ3v) is 4.23. The molecule has 114 valence electrons. The number of nitrogens with two attached hydrogens (primary N) is 1. The summed E-state index contributed by atoms with van der Waals surface area (Å²) in [5.74, 6) is 0. The Morgan fingerprint density at radius 1 is 1.38 bits per heavy atom. The quantitative estimate of drug-likeness (QED) is 0.819. The van der Waals surface area contributed by atoms with E-state index in [9.17, 15) is 8.42 Å². The number of nitrogens with zero attached hydrogens (tertiary/aromatic N) is 3. The lowest BCUT2D eigenvalue weighted by Crippen LogP contribution is -2.14. The fraction of sp³-hybridized carbons (Fsp3) is 0.308. The first-order valence-electron chi connectivity index (χ1n) is 6.45. The van der Waals surface area contributed by atoms with E-state index in [2.05, 4.69) is 9.82 Å². The SMILES string of the molecule is CN(C)c1cccc(NS(=O)(=O)c2cnn(CCN)c2)c1. The Morgan fingerprint density at radius 2 is 2.14 bits per heavy atom.